The molecule has 22 heavy (non-hydrogen) atoms. The van der Waals surface area contributed by atoms with Gasteiger partial charge in [0, 0.05) is 37.8 Å². The molecule has 1 amide bonds. The molecule has 1 aliphatic rings. The summed E-state index contributed by atoms with van der Waals surface area (Å²) in [7, 11) is 1.92. The van der Waals surface area contributed by atoms with E-state index in [1.54, 1.807) is 0 Å². The second-order valence-corrected chi connectivity index (χ2v) is 6.07. The van der Waals surface area contributed by atoms with Gasteiger partial charge in [0.25, 0.3) is 0 Å². The summed E-state index contributed by atoms with van der Waals surface area (Å²) in [4.78, 5) is 14.5. The molecule has 0 aliphatic carbocycles. The van der Waals surface area contributed by atoms with Gasteiger partial charge in [-0.15, -0.1) is 0 Å². The molecule has 6 heteroatoms. The van der Waals surface area contributed by atoms with E-state index in [-0.39, 0.29) is 5.91 Å². The lowest BCUT2D eigenvalue weighted by Gasteiger charge is -2.32. The lowest BCUT2D eigenvalue weighted by molar-refractivity contribution is -0.131. The zero-order valence-electron chi connectivity index (χ0n) is 13.4. The quantitative estimate of drug-likeness (QED) is 0.869. The van der Waals surface area contributed by atoms with Crippen molar-refractivity contribution in [2.24, 2.45) is 7.05 Å². The Morgan fingerprint density at radius 2 is 2.27 bits per heavy atom. The molecule has 3 rings (SSSR count). The molecule has 1 atom stereocenters. The van der Waals surface area contributed by atoms with Crippen molar-refractivity contribution in [3.8, 4) is 0 Å². The van der Waals surface area contributed by atoms with Crippen LogP contribution in [0.5, 0.6) is 0 Å². The number of carbonyl (C=O) groups is 1. The average Bonchev–Trinajstić information content (AvgIpc) is 3.08. The van der Waals surface area contributed by atoms with E-state index in [1.165, 1.54) is 0 Å². The predicted molar refractivity (Wildman–Crippen MR) is 81.4 cm³/mol. The maximum Gasteiger partial charge on any atom is 0.227 e. The van der Waals surface area contributed by atoms with Gasteiger partial charge in [0.2, 0.25) is 5.91 Å². The van der Waals surface area contributed by atoms with E-state index in [4.69, 9.17) is 4.52 Å². The number of hydrogen-bond donors (Lipinski definition) is 0. The first-order valence-electron chi connectivity index (χ1n) is 7.73. The molecule has 2 aromatic rings. The molecule has 0 N–H and O–H groups in total. The van der Waals surface area contributed by atoms with Crippen LogP contribution in [0, 0.1) is 13.8 Å². The number of hydrogen-bond acceptors (Lipinski definition) is 4. The number of amides is 1. The third-order valence-electron chi connectivity index (χ3n) is 4.44. The van der Waals surface area contributed by atoms with Crippen LogP contribution >= 0.6 is 0 Å². The fraction of sp³-hybridized carbons (Fsp3) is 0.562. The summed E-state index contributed by atoms with van der Waals surface area (Å²) in [6.45, 7) is 5.31. The molecular formula is C16H22N4O2. The van der Waals surface area contributed by atoms with Gasteiger partial charge >= 0.3 is 0 Å². The highest BCUT2D eigenvalue weighted by Crippen LogP contribution is 2.26. The smallest absolute Gasteiger partial charge is 0.227 e. The summed E-state index contributed by atoms with van der Waals surface area (Å²) in [5.74, 6) is 1.22. The first-order valence-corrected chi connectivity index (χ1v) is 7.73. The van der Waals surface area contributed by atoms with Gasteiger partial charge in [-0.25, -0.2) is 0 Å². The van der Waals surface area contributed by atoms with E-state index >= 15 is 0 Å². The third kappa shape index (κ3) is 2.91. The van der Waals surface area contributed by atoms with Crippen LogP contribution in [0.3, 0.4) is 0 Å². The number of piperidine rings is 1. The maximum atomic E-state index is 12.6. The van der Waals surface area contributed by atoms with Crippen molar-refractivity contribution < 1.29 is 9.32 Å². The fourth-order valence-corrected chi connectivity index (χ4v) is 3.11. The van der Waals surface area contributed by atoms with E-state index in [9.17, 15) is 4.79 Å². The van der Waals surface area contributed by atoms with E-state index in [1.807, 2.05) is 42.7 Å². The van der Waals surface area contributed by atoms with Gasteiger partial charge in [0.1, 0.15) is 5.76 Å². The number of likely N-dealkylation sites (tertiary alicyclic amines) is 1. The highest BCUT2D eigenvalue weighted by Gasteiger charge is 2.27. The topological polar surface area (TPSA) is 64.2 Å². The highest BCUT2D eigenvalue weighted by molar-refractivity contribution is 5.79. The Morgan fingerprint density at radius 3 is 2.91 bits per heavy atom. The van der Waals surface area contributed by atoms with Crippen LogP contribution < -0.4 is 0 Å². The molecule has 0 unspecified atom stereocenters. The first-order chi connectivity index (χ1) is 10.5. The standard InChI is InChI=1S/C16H22N4O2/c1-11-14(12(2)22-18-11)9-16(21)20-7-4-5-13(10-20)15-6-8-19(3)17-15/h6,8,13H,4-5,7,9-10H2,1-3H3/t13-/m1/s1. The van der Waals surface area contributed by atoms with Gasteiger partial charge in [0.15, 0.2) is 0 Å². The zero-order chi connectivity index (χ0) is 15.7. The van der Waals surface area contributed by atoms with Crippen molar-refractivity contribution in [1.82, 2.24) is 19.8 Å². The van der Waals surface area contributed by atoms with E-state index in [0.29, 0.717) is 12.3 Å². The summed E-state index contributed by atoms with van der Waals surface area (Å²) in [5, 5.41) is 8.41. The fourth-order valence-electron chi connectivity index (χ4n) is 3.11. The van der Waals surface area contributed by atoms with Crippen molar-refractivity contribution in [3.63, 3.8) is 0 Å². The molecule has 0 aromatic carbocycles. The highest BCUT2D eigenvalue weighted by atomic mass is 16.5. The summed E-state index contributed by atoms with van der Waals surface area (Å²) >= 11 is 0. The van der Waals surface area contributed by atoms with Gasteiger partial charge in [-0.3, -0.25) is 9.48 Å². The zero-order valence-corrected chi connectivity index (χ0v) is 13.4. The lowest BCUT2D eigenvalue weighted by atomic mass is 9.94. The Labute approximate surface area is 130 Å². The number of carbonyl (C=O) groups excluding carboxylic acids is 1. The van der Waals surface area contributed by atoms with Crippen LogP contribution in [-0.2, 0) is 18.3 Å². The van der Waals surface area contributed by atoms with Gasteiger partial charge in [-0.05, 0) is 32.8 Å². The van der Waals surface area contributed by atoms with Crippen molar-refractivity contribution in [3.05, 3.63) is 35.0 Å². The molecule has 118 valence electrons. The van der Waals surface area contributed by atoms with Crippen molar-refractivity contribution in [1.29, 1.82) is 0 Å². The van der Waals surface area contributed by atoms with E-state index < -0.39 is 0 Å². The minimum atomic E-state index is 0.148. The number of aryl methyl sites for hydroxylation is 3. The average molecular weight is 302 g/mol. The Morgan fingerprint density at radius 1 is 1.45 bits per heavy atom. The van der Waals surface area contributed by atoms with Gasteiger partial charge in [0.05, 0.1) is 17.8 Å². The van der Waals surface area contributed by atoms with Crippen molar-refractivity contribution in [2.45, 2.75) is 39.0 Å². The maximum absolute atomic E-state index is 12.6. The van der Waals surface area contributed by atoms with Crippen molar-refractivity contribution in [2.75, 3.05) is 13.1 Å². The number of aromatic nitrogens is 3. The normalized spacial score (nSPS) is 18.7. The SMILES string of the molecule is Cc1noc(C)c1CC(=O)N1CCC[C@@H](c2ccn(C)n2)C1. The van der Waals surface area contributed by atoms with Crippen LogP contribution in [0.1, 0.15) is 41.5 Å². The molecule has 1 aliphatic heterocycles. The molecule has 0 spiro atoms. The largest absolute Gasteiger partial charge is 0.361 e. The summed E-state index contributed by atoms with van der Waals surface area (Å²) in [5.41, 5.74) is 2.81. The Hall–Kier alpha value is -2.11. The Bertz CT molecular complexity index is 654. The number of nitrogens with zero attached hydrogens (tertiary/aromatic N) is 4. The second-order valence-electron chi connectivity index (χ2n) is 6.07. The van der Waals surface area contributed by atoms with Crippen LogP contribution in [0.2, 0.25) is 0 Å². The van der Waals surface area contributed by atoms with Gasteiger partial charge < -0.3 is 9.42 Å². The molecule has 2 aromatic heterocycles. The molecule has 6 nitrogen and oxygen atoms in total. The molecule has 1 fully saturated rings. The molecule has 0 bridgehead atoms. The van der Waals surface area contributed by atoms with Gasteiger partial charge in [-0.2, -0.15) is 5.10 Å². The van der Waals surface area contributed by atoms with Crippen LogP contribution in [-0.4, -0.2) is 38.8 Å². The molecule has 3 heterocycles. The summed E-state index contributed by atoms with van der Waals surface area (Å²) in [6.07, 6.45) is 4.44. The Balaban J connectivity index is 1.68. The minimum Gasteiger partial charge on any atom is -0.361 e. The summed E-state index contributed by atoms with van der Waals surface area (Å²) in [6, 6.07) is 2.05. The van der Waals surface area contributed by atoms with E-state index in [2.05, 4.69) is 10.3 Å². The van der Waals surface area contributed by atoms with Crippen LogP contribution in [0.15, 0.2) is 16.8 Å². The Kier molecular flexibility index (Phi) is 4.00. The molecule has 0 saturated carbocycles. The molecule has 1 saturated heterocycles. The summed E-state index contributed by atoms with van der Waals surface area (Å²) < 4.78 is 6.96. The molecular weight excluding hydrogens is 280 g/mol. The monoisotopic (exact) mass is 302 g/mol. The third-order valence-corrected chi connectivity index (χ3v) is 4.44. The minimum absolute atomic E-state index is 0.148. The van der Waals surface area contributed by atoms with Gasteiger partial charge in [-0.1, -0.05) is 5.16 Å². The lowest BCUT2D eigenvalue weighted by Crippen LogP contribution is -2.40. The second kappa shape index (κ2) is 5.94. The van der Waals surface area contributed by atoms with E-state index in [0.717, 1.165) is 48.6 Å². The number of rotatable bonds is 3. The predicted octanol–water partition coefficient (Wildman–Crippen LogP) is 1.97. The van der Waals surface area contributed by atoms with Crippen LogP contribution in [0.4, 0.5) is 0 Å². The van der Waals surface area contributed by atoms with Crippen molar-refractivity contribution >= 4 is 5.91 Å². The first kappa shape index (κ1) is 14.8. The van der Waals surface area contributed by atoms with Crippen LogP contribution in [0.25, 0.3) is 0 Å². The molecule has 0 radical (unpaired) electrons.